The average molecular weight is 506 g/mol. The largest absolute Gasteiger partial charge is 0.493 e. The van der Waals surface area contributed by atoms with E-state index >= 15 is 0 Å². The Morgan fingerprint density at radius 1 is 0.973 bits per heavy atom. The molecule has 0 unspecified atom stereocenters. The number of carbonyl (C=O) groups excluding carboxylic acids is 1. The zero-order valence-electron chi connectivity index (χ0n) is 20.8. The minimum Gasteiger partial charge on any atom is -0.493 e. The molecule has 0 aromatic heterocycles. The maximum Gasteiger partial charge on any atom is 0.415 e. The molecule has 0 radical (unpaired) electrons. The molecule has 0 bridgehead atoms. The molecular formula is C28H27NO8. The van der Waals surface area contributed by atoms with E-state index in [-0.39, 0.29) is 6.79 Å². The summed E-state index contributed by atoms with van der Waals surface area (Å²) < 4.78 is 40.7. The van der Waals surface area contributed by atoms with E-state index in [2.05, 4.69) is 0 Å². The van der Waals surface area contributed by atoms with Gasteiger partial charge in [0.15, 0.2) is 23.0 Å². The van der Waals surface area contributed by atoms with Gasteiger partial charge in [-0.1, -0.05) is 24.3 Å². The molecule has 6 rings (SSSR count). The molecule has 2 atom stereocenters. The van der Waals surface area contributed by atoms with E-state index in [0.29, 0.717) is 54.1 Å². The monoisotopic (exact) mass is 505 g/mol. The number of ether oxygens (including phenoxy) is 7. The zero-order chi connectivity index (χ0) is 25.5. The van der Waals surface area contributed by atoms with Gasteiger partial charge in [-0.05, 0) is 41.8 Å². The van der Waals surface area contributed by atoms with Crippen LogP contribution in [0.25, 0.3) is 0 Å². The van der Waals surface area contributed by atoms with Crippen LogP contribution in [0.2, 0.25) is 0 Å². The van der Waals surface area contributed by atoms with Crippen LogP contribution in [-0.4, -0.2) is 45.7 Å². The second-order valence-electron chi connectivity index (χ2n) is 8.89. The second-order valence-corrected chi connectivity index (χ2v) is 8.89. The van der Waals surface area contributed by atoms with Crippen LogP contribution in [0.4, 0.5) is 4.79 Å². The van der Waals surface area contributed by atoms with Gasteiger partial charge in [0.25, 0.3) is 0 Å². The van der Waals surface area contributed by atoms with Gasteiger partial charge in [-0.15, -0.1) is 0 Å². The number of para-hydroxylation sites is 1. The highest BCUT2D eigenvalue weighted by Gasteiger charge is 2.46. The number of carbonyl (C=O) groups is 1. The van der Waals surface area contributed by atoms with Crippen molar-refractivity contribution in [3.05, 3.63) is 70.8 Å². The minimum atomic E-state index is -0.552. The van der Waals surface area contributed by atoms with Crippen molar-refractivity contribution in [2.75, 3.05) is 34.7 Å². The van der Waals surface area contributed by atoms with E-state index < -0.39 is 18.2 Å². The number of fused-ring (bicyclic) bond motifs is 3. The molecule has 0 fully saturated rings. The molecule has 0 saturated carbocycles. The van der Waals surface area contributed by atoms with E-state index in [9.17, 15) is 4.79 Å². The van der Waals surface area contributed by atoms with E-state index in [0.717, 1.165) is 22.3 Å². The summed E-state index contributed by atoms with van der Waals surface area (Å²) in [5, 5.41) is 0. The van der Waals surface area contributed by atoms with Crippen molar-refractivity contribution >= 4 is 6.09 Å². The number of nitrogens with zero attached hydrogens (tertiary/aromatic N) is 1. The molecule has 3 aliphatic heterocycles. The fourth-order valence-corrected chi connectivity index (χ4v) is 5.46. The lowest BCUT2D eigenvalue weighted by Crippen LogP contribution is -2.44. The van der Waals surface area contributed by atoms with Gasteiger partial charge < -0.3 is 33.2 Å². The van der Waals surface area contributed by atoms with E-state index in [4.69, 9.17) is 33.2 Å². The molecule has 3 aromatic rings. The number of rotatable bonds is 5. The number of amides is 1. The van der Waals surface area contributed by atoms with Crippen molar-refractivity contribution in [3.63, 3.8) is 0 Å². The standard InChI is InChI=1S/C28H27NO8/c1-31-20-10-9-18-19(24(20)32-2)14-34-25(18)23-22-16(13-21-26(27(22)33-3)36-15-35-21)11-12-29(23)28(30)37-17-7-5-4-6-8-17/h4-10,13,23,25H,11-12,14-15H2,1-3H3/t23-,25+/m1/s1. The SMILES string of the molecule is COc1ccc2c(c1OC)CO[C@@H]2[C@H]1c2c(cc3c(c2OC)OCO3)CCN1C(=O)Oc1ccccc1. The fourth-order valence-electron chi connectivity index (χ4n) is 5.46. The molecule has 0 spiro atoms. The second kappa shape index (κ2) is 9.40. The van der Waals surface area contributed by atoms with E-state index in [1.165, 1.54) is 0 Å². The van der Waals surface area contributed by atoms with E-state index in [1.54, 1.807) is 38.4 Å². The summed E-state index contributed by atoms with van der Waals surface area (Å²) in [7, 11) is 4.80. The molecular weight excluding hydrogens is 478 g/mol. The summed E-state index contributed by atoms with van der Waals surface area (Å²) in [6.07, 6.45) is -0.389. The summed E-state index contributed by atoms with van der Waals surface area (Å²) in [5.41, 5.74) is 3.62. The first kappa shape index (κ1) is 23.3. The Labute approximate surface area is 214 Å². The van der Waals surface area contributed by atoms with Crippen LogP contribution in [0.3, 0.4) is 0 Å². The lowest BCUT2D eigenvalue weighted by Gasteiger charge is -2.40. The lowest BCUT2D eigenvalue weighted by atomic mass is 9.85. The molecule has 37 heavy (non-hydrogen) atoms. The highest BCUT2D eigenvalue weighted by atomic mass is 16.7. The summed E-state index contributed by atoms with van der Waals surface area (Å²) in [4.78, 5) is 15.3. The van der Waals surface area contributed by atoms with Crippen molar-refractivity contribution in [3.8, 4) is 34.5 Å². The van der Waals surface area contributed by atoms with Gasteiger partial charge in [-0.2, -0.15) is 0 Å². The van der Waals surface area contributed by atoms with Crippen LogP contribution in [0, 0.1) is 0 Å². The van der Waals surface area contributed by atoms with Gasteiger partial charge in [-0.3, -0.25) is 4.90 Å². The van der Waals surface area contributed by atoms with Gasteiger partial charge >= 0.3 is 6.09 Å². The van der Waals surface area contributed by atoms with Crippen LogP contribution >= 0.6 is 0 Å². The maximum atomic E-state index is 13.6. The molecule has 192 valence electrons. The molecule has 9 heteroatoms. The Hall–Kier alpha value is -4.11. The van der Waals surface area contributed by atoms with E-state index in [1.807, 2.05) is 36.4 Å². The van der Waals surface area contributed by atoms with Crippen molar-refractivity contribution in [2.24, 2.45) is 0 Å². The minimum absolute atomic E-state index is 0.110. The Morgan fingerprint density at radius 2 is 1.78 bits per heavy atom. The van der Waals surface area contributed by atoms with Crippen molar-refractivity contribution in [1.82, 2.24) is 4.90 Å². The van der Waals surface area contributed by atoms with Crippen LogP contribution in [0.15, 0.2) is 48.5 Å². The summed E-state index contributed by atoms with van der Waals surface area (Å²) >= 11 is 0. The quantitative estimate of drug-likeness (QED) is 0.489. The normalized spacial score (nSPS) is 19.2. The van der Waals surface area contributed by atoms with Crippen LogP contribution in [0.5, 0.6) is 34.5 Å². The van der Waals surface area contributed by atoms with Crippen molar-refractivity contribution in [1.29, 1.82) is 0 Å². The van der Waals surface area contributed by atoms with Crippen LogP contribution in [0.1, 0.15) is 34.4 Å². The van der Waals surface area contributed by atoms with Gasteiger partial charge in [0.1, 0.15) is 11.9 Å². The number of hydrogen-bond donors (Lipinski definition) is 0. The molecule has 3 aliphatic rings. The fraction of sp³-hybridized carbons (Fsp3) is 0.321. The zero-order valence-corrected chi connectivity index (χ0v) is 20.8. The highest BCUT2D eigenvalue weighted by molar-refractivity contribution is 5.74. The predicted molar refractivity (Wildman–Crippen MR) is 132 cm³/mol. The third-order valence-corrected chi connectivity index (χ3v) is 7.07. The number of benzene rings is 3. The summed E-state index contributed by atoms with van der Waals surface area (Å²) in [6.45, 7) is 0.841. The third-order valence-electron chi connectivity index (χ3n) is 7.07. The van der Waals surface area contributed by atoms with Crippen LogP contribution < -0.4 is 28.4 Å². The molecule has 9 nitrogen and oxygen atoms in total. The van der Waals surface area contributed by atoms with Crippen molar-refractivity contribution in [2.45, 2.75) is 25.2 Å². The van der Waals surface area contributed by atoms with Crippen molar-refractivity contribution < 1.29 is 38.0 Å². The summed E-state index contributed by atoms with van der Waals surface area (Å²) in [6, 6.07) is 14.3. The van der Waals surface area contributed by atoms with Gasteiger partial charge in [0.05, 0.1) is 34.0 Å². The number of methoxy groups -OCH3 is 3. The molecule has 3 heterocycles. The van der Waals surface area contributed by atoms with Gasteiger partial charge in [-0.25, -0.2) is 4.79 Å². The Balaban J connectivity index is 1.49. The van der Waals surface area contributed by atoms with Gasteiger partial charge in [0.2, 0.25) is 12.5 Å². The Morgan fingerprint density at radius 3 is 2.54 bits per heavy atom. The molecule has 3 aromatic carbocycles. The molecule has 1 amide bonds. The highest BCUT2D eigenvalue weighted by Crippen LogP contribution is 2.55. The first-order valence-electron chi connectivity index (χ1n) is 12.0. The van der Waals surface area contributed by atoms with Gasteiger partial charge in [0, 0.05) is 17.7 Å². The maximum absolute atomic E-state index is 13.6. The smallest absolute Gasteiger partial charge is 0.415 e. The summed E-state index contributed by atoms with van der Waals surface area (Å²) in [5.74, 6) is 3.40. The molecule has 0 saturated heterocycles. The third kappa shape index (κ3) is 3.77. The molecule has 0 N–H and O–H groups in total. The topological polar surface area (TPSA) is 84.9 Å². The first-order chi connectivity index (χ1) is 18.1. The van der Waals surface area contributed by atoms with Crippen LogP contribution in [-0.2, 0) is 17.8 Å². The predicted octanol–water partition coefficient (Wildman–Crippen LogP) is 4.81. The lowest BCUT2D eigenvalue weighted by molar-refractivity contribution is -0.00668. The first-order valence-corrected chi connectivity index (χ1v) is 12.0. The molecule has 0 aliphatic carbocycles. The number of hydrogen-bond acceptors (Lipinski definition) is 8. The Kier molecular flexibility index (Phi) is 5.92. The average Bonchev–Trinajstić information content (AvgIpc) is 3.58. The Bertz CT molecular complexity index is 1340.